The maximum absolute atomic E-state index is 13.0. The van der Waals surface area contributed by atoms with Gasteiger partial charge in [-0.05, 0) is 37.6 Å². The summed E-state index contributed by atoms with van der Waals surface area (Å²) in [6, 6.07) is 7.18. The van der Waals surface area contributed by atoms with E-state index in [1.165, 1.54) is 0 Å². The Morgan fingerprint density at radius 2 is 1.92 bits per heavy atom. The zero-order valence-electron chi connectivity index (χ0n) is 14.5. The van der Waals surface area contributed by atoms with E-state index in [-0.39, 0.29) is 5.91 Å². The fourth-order valence-corrected chi connectivity index (χ4v) is 3.25. The minimum absolute atomic E-state index is 0.0855. The van der Waals surface area contributed by atoms with Gasteiger partial charge in [-0.15, -0.1) is 0 Å². The van der Waals surface area contributed by atoms with E-state index in [1.807, 2.05) is 33.0 Å². The van der Waals surface area contributed by atoms with Crippen LogP contribution < -0.4 is 0 Å². The predicted molar refractivity (Wildman–Crippen MR) is 100 cm³/mol. The molecule has 2 heterocycles. The van der Waals surface area contributed by atoms with Crippen molar-refractivity contribution in [1.29, 1.82) is 0 Å². The Balaban J connectivity index is 1.97. The number of amides is 1. The number of halogens is 2. The van der Waals surface area contributed by atoms with Crippen LogP contribution in [-0.2, 0) is 13.6 Å². The number of fused-ring (bicyclic) bond motifs is 1. The molecule has 0 unspecified atom stereocenters. The highest BCUT2D eigenvalue weighted by molar-refractivity contribution is 6.42. The van der Waals surface area contributed by atoms with Gasteiger partial charge in [0.2, 0.25) is 0 Å². The average molecular weight is 377 g/mol. The number of benzene rings is 1. The topological polar surface area (TPSA) is 51.0 Å². The molecule has 130 valence electrons. The van der Waals surface area contributed by atoms with Gasteiger partial charge >= 0.3 is 0 Å². The monoisotopic (exact) mass is 376 g/mol. The van der Waals surface area contributed by atoms with E-state index in [2.05, 4.69) is 10.1 Å². The van der Waals surface area contributed by atoms with Crippen molar-refractivity contribution in [3.8, 4) is 0 Å². The Morgan fingerprint density at radius 1 is 1.20 bits per heavy atom. The van der Waals surface area contributed by atoms with Crippen LogP contribution in [0.2, 0.25) is 10.0 Å². The second-order valence-corrected chi connectivity index (χ2v) is 6.94. The first kappa shape index (κ1) is 17.7. The molecule has 3 rings (SSSR count). The normalized spacial score (nSPS) is 11.1. The fraction of sp³-hybridized carbons (Fsp3) is 0.278. The number of pyridine rings is 1. The second-order valence-electron chi connectivity index (χ2n) is 6.13. The first-order valence-corrected chi connectivity index (χ1v) is 8.54. The standard InChI is InChI=1S/C18H18Cl2N4O/c1-10-7-13(16-11(2)22-24(4)17(16)21-10)18(25)23(3)9-12-5-6-14(19)15(20)8-12/h5-8H,9H2,1-4H3. The molecule has 1 amide bonds. The van der Waals surface area contributed by atoms with Crippen LogP contribution in [0, 0.1) is 13.8 Å². The summed E-state index contributed by atoms with van der Waals surface area (Å²) >= 11 is 12.0. The van der Waals surface area contributed by atoms with Crippen LogP contribution in [0.5, 0.6) is 0 Å². The van der Waals surface area contributed by atoms with Crippen LogP contribution in [0.1, 0.15) is 27.3 Å². The average Bonchev–Trinajstić information content (AvgIpc) is 2.83. The third-order valence-electron chi connectivity index (χ3n) is 4.08. The smallest absolute Gasteiger partial charge is 0.254 e. The quantitative estimate of drug-likeness (QED) is 0.689. The summed E-state index contributed by atoms with van der Waals surface area (Å²) in [4.78, 5) is 19.2. The van der Waals surface area contributed by atoms with Gasteiger partial charge in [0.1, 0.15) is 0 Å². The number of aromatic nitrogens is 3. The number of hydrogen-bond acceptors (Lipinski definition) is 3. The first-order valence-electron chi connectivity index (χ1n) is 7.78. The van der Waals surface area contributed by atoms with Gasteiger partial charge < -0.3 is 4.90 Å². The molecule has 1 aromatic carbocycles. The number of carbonyl (C=O) groups is 1. The maximum Gasteiger partial charge on any atom is 0.254 e. The molecular weight excluding hydrogens is 359 g/mol. The van der Waals surface area contributed by atoms with E-state index in [1.54, 1.807) is 28.8 Å². The highest BCUT2D eigenvalue weighted by Crippen LogP contribution is 2.25. The van der Waals surface area contributed by atoms with Crippen molar-refractivity contribution in [2.24, 2.45) is 7.05 Å². The van der Waals surface area contributed by atoms with E-state index in [0.717, 1.165) is 22.3 Å². The molecule has 25 heavy (non-hydrogen) atoms. The van der Waals surface area contributed by atoms with Gasteiger partial charge in [0, 0.05) is 26.3 Å². The van der Waals surface area contributed by atoms with Gasteiger partial charge in [-0.3, -0.25) is 9.48 Å². The second kappa shape index (κ2) is 6.65. The van der Waals surface area contributed by atoms with Crippen molar-refractivity contribution >= 4 is 40.1 Å². The minimum atomic E-state index is -0.0855. The van der Waals surface area contributed by atoms with Crippen LogP contribution in [0.15, 0.2) is 24.3 Å². The van der Waals surface area contributed by atoms with Crippen molar-refractivity contribution in [3.63, 3.8) is 0 Å². The third-order valence-corrected chi connectivity index (χ3v) is 4.82. The van der Waals surface area contributed by atoms with Crippen LogP contribution in [-0.4, -0.2) is 32.6 Å². The number of carbonyl (C=O) groups excluding carboxylic acids is 1. The lowest BCUT2D eigenvalue weighted by Gasteiger charge is -2.18. The fourth-order valence-electron chi connectivity index (χ4n) is 2.93. The lowest BCUT2D eigenvalue weighted by atomic mass is 10.1. The van der Waals surface area contributed by atoms with Crippen molar-refractivity contribution < 1.29 is 4.79 Å². The Morgan fingerprint density at radius 3 is 2.60 bits per heavy atom. The Kier molecular flexibility index (Phi) is 4.71. The molecule has 0 aliphatic carbocycles. The molecule has 0 radical (unpaired) electrons. The van der Waals surface area contributed by atoms with E-state index < -0.39 is 0 Å². The minimum Gasteiger partial charge on any atom is -0.337 e. The lowest BCUT2D eigenvalue weighted by Crippen LogP contribution is -2.26. The van der Waals surface area contributed by atoms with Crippen molar-refractivity contribution in [1.82, 2.24) is 19.7 Å². The van der Waals surface area contributed by atoms with Gasteiger partial charge in [-0.2, -0.15) is 5.10 Å². The van der Waals surface area contributed by atoms with Gasteiger partial charge in [-0.25, -0.2) is 4.98 Å². The molecule has 0 aliphatic rings. The van der Waals surface area contributed by atoms with Crippen LogP contribution >= 0.6 is 23.2 Å². The van der Waals surface area contributed by atoms with Crippen LogP contribution in [0.25, 0.3) is 11.0 Å². The van der Waals surface area contributed by atoms with E-state index in [9.17, 15) is 4.79 Å². The van der Waals surface area contributed by atoms with Crippen molar-refractivity contribution in [3.05, 3.63) is 56.8 Å². The van der Waals surface area contributed by atoms with E-state index >= 15 is 0 Å². The summed E-state index contributed by atoms with van der Waals surface area (Å²) in [5, 5.41) is 6.16. The summed E-state index contributed by atoms with van der Waals surface area (Å²) in [6.45, 7) is 4.19. The van der Waals surface area contributed by atoms with Crippen LogP contribution in [0.3, 0.4) is 0 Å². The Labute approximate surface area is 156 Å². The van der Waals surface area contributed by atoms with Gasteiger partial charge in [0.05, 0.1) is 26.7 Å². The summed E-state index contributed by atoms with van der Waals surface area (Å²) in [5.74, 6) is -0.0855. The Bertz CT molecular complexity index is 981. The SMILES string of the molecule is Cc1cc(C(=O)N(C)Cc2ccc(Cl)c(Cl)c2)c2c(C)nn(C)c2n1. The molecule has 0 bridgehead atoms. The molecule has 0 saturated heterocycles. The zero-order chi connectivity index (χ0) is 18.3. The molecule has 0 N–H and O–H groups in total. The van der Waals surface area contributed by atoms with E-state index in [4.69, 9.17) is 23.2 Å². The molecule has 3 aromatic rings. The van der Waals surface area contributed by atoms with Gasteiger partial charge in [0.15, 0.2) is 5.65 Å². The highest BCUT2D eigenvalue weighted by Gasteiger charge is 2.20. The number of aryl methyl sites for hydroxylation is 3. The van der Waals surface area contributed by atoms with Gasteiger partial charge in [0.25, 0.3) is 5.91 Å². The molecular formula is C18H18Cl2N4O. The largest absolute Gasteiger partial charge is 0.337 e. The number of rotatable bonds is 3. The van der Waals surface area contributed by atoms with Crippen molar-refractivity contribution in [2.75, 3.05) is 7.05 Å². The van der Waals surface area contributed by atoms with E-state index in [0.29, 0.717) is 27.8 Å². The molecule has 7 heteroatoms. The molecule has 0 spiro atoms. The summed E-state index contributed by atoms with van der Waals surface area (Å²) < 4.78 is 1.70. The van der Waals surface area contributed by atoms with Crippen molar-refractivity contribution in [2.45, 2.75) is 20.4 Å². The molecule has 5 nitrogen and oxygen atoms in total. The molecule has 0 saturated carbocycles. The summed E-state index contributed by atoms with van der Waals surface area (Å²) in [7, 11) is 3.59. The van der Waals surface area contributed by atoms with Crippen LogP contribution in [0.4, 0.5) is 0 Å². The maximum atomic E-state index is 13.0. The zero-order valence-corrected chi connectivity index (χ0v) is 16.0. The Hall–Kier alpha value is -2.11. The molecule has 0 aliphatic heterocycles. The molecule has 0 atom stereocenters. The number of hydrogen-bond donors (Lipinski definition) is 0. The summed E-state index contributed by atoms with van der Waals surface area (Å²) in [6.07, 6.45) is 0. The molecule has 2 aromatic heterocycles. The lowest BCUT2D eigenvalue weighted by molar-refractivity contribution is 0.0787. The predicted octanol–water partition coefficient (Wildman–Crippen LogP) is 4.16. The van der Waals surface area contributed by atoms with Gasteiger partial charge in [-0.1, -0.05) is 29.3 Å². The third kappa shape index (κ3) is 3.34. The molecule has 0 fully saturated rings. The number of nitrogens with zero attached hydrogens (tertiary/aromatic N) is 4. The summed E-state index contributed by atoms with van der Waals surface area (Å²) in [5.41, 5.74) is 3.80. The highest BCUT2D eigenvalue weighted by atomic mass is 35.5. The first-order chi connectivity index (χ1) is 11.8.